The summed E-state index contributed by atoms with van der Waals surface area (Å²) in [4.78, 5) is 3.85. The lowest BCUT2D eigenvalue weighted by Gasteiger charge is -2.12. The first-order chi connectivity index (χ1) is 9.90. The highest BCUT2D eigenvalue weighted by molar-refractivity contribution is 5.42. The second-order valence-corrected chi connectivity index (χ2v) is 4.21. The highest BCUT2D eigenvalue weighted by atomic mass is 19.4. The zero-order valence-electron chi connectivity index (χ0n) is 11.0. The molecule has 0 saturated carbocycles. The van der Waals surface area contributed by atoms with Gasteiger partial charge in [-0.3, -0.25) is 0 Å². The Hall–Kier alpha value is -2.31. The number of ether oxygens (including phenoxy) is 1. The highest BCUT2D eigenvalue weighted by Gasteiger charge is 2.31. The van der Waals surface area contributed by atoms with Gasteiger partial charge >= 0.3 is 6.18 Å². The fourth-order valence-corrected chi connectivity index (χ4v) is 1.64. The molecule has 2 aromatic rings. The van der Waals surface area contributed by atoms with Crippen molar-refractivity contribution in [2.45, 2.75) is 12.8 Å². The lowest BCUT2D eigenvalue weighted by molar-refractivity contribution is -0.137. The van der Waals surface area contributed by atoms with E-state index in [1.54, 1.807) is 6.07 Å². The third kappa shape index (κ3) is 3.84. The molecule has 0 aliphatic rings. The molecule has 0 spiro atoms. The SMILES string of the molecule is CNc1cc(C(F)(F)F)cc(OCc2ccccc2F)n1. The van der Waals surface area contributed by atoms with Crippen LogP contribution in [-0.4, -0.2) is 12.0 Å². The van der Waals surface area contributed by atoms with Crippen LogP contribution in [0.2, 0.25) is 0 Å². The molecule has 0 radical (unpaired) electrons. The van der Waals surface area contributed by atoms with Gasteiger partial charge in [0, 0.05) is 18.7 Å². The van der Waals surface area contributed by atoms with E-state index in [0.29, 0.717) is 0 Å². The Morgan fingerprint density at radius 2 is 1.90 bits per heavy atom. The molecule has 1 heterocycles. The number of nitrogens with zero attached hydrogens (tertiary/aromatic N) is 1. The summed E-state index contributed by atoms with van der Waals surface area (Å²) in [6.45, 7) is -0.204. The van der Waals surface area contributed by atoms with E-state index in [-0.39, 0.29) is 23.9 Å². The van der Waals surface area contributed by atoms with Gasteiger partial charge in [-0.2, -0.15) is 18.2 Å². The molecular weight excluding hydrogens is 288 g/mol. The van der Waals surface area contributed by atoms with Crippen molar-refractivity contribution in [2.75, 3.05) is 12.4 Å². The van der Waals surface area contributed by atoms with Crippen molar-refractivity contribution in [3.63, 3.8) is 0 Å². The molecule has 1 N–H and O–H groups in total. The van der Waals surface area contributed by atoms with Crippen LogP contribution in [0.1, 0.15) is 11.1 Å². The number of aromatic nitrogens is 1. The van der Waals surface area contributed by atoms with E-state index in [9.17, 15) is 17.6 Å². The molecule has 0 aliphatic heterocycles. The van der Waals surface area contributed by atoms with Gasteiger partial charge in [0.1, 0.15) is 18.2 Å². The minimum atomic E-state index is -4.51. The fourth-order valence-electron chi connectivity index (χ4n) is 1.64. The highest BCUT2D eigenvalue weighted by Crippen LogP contribution is 2.32. The smallest absolute Gasteiger partial charge is 0.416 e. The summed E-state index contributed by atoms with van der Waals surface area (Å²) in [7, 11) is 1.45. The van der Waals surface area contributed by atoms with Crippen LogP contribution in [-0.2, 0) is 12.8 Å². The largest absolute Gasteiger partial charge is 0.473 e. The average Bonchev–Trinajstić information content (AvgIpc) is 2.45. The van der Waals surface area contributed by atoms with Gasteiger partial charge in [-0.05, 0) is 12.1 Å². The van der Waals surface area contributed by atoms with Crippen molar-refractivity contribution in [3.8, 4) is 5.88 Å². The maximum absolute atomic E-state index is 13.4. The maximum atomic E-state index is 13.4. The number of halogens is 4. The molecule has 2 rings (SSSR count). The van der Waals surface area contributed by atoms with E-state index in [0.717, 1.165) is 12.1 Å². The van der Waals surface area contributed by atoms with Gasteiger partial charge in [0.25, 0.3) is 0 Å². The van der Waals surface area contributed by atoms with Gasteiger partial charge < -0.3 is 10.1 Å². The first kappa shape index (κ1) is 15.1. The number of pyridine rings is 1. The van der Waals surface area contributed by atoms with Crippen LogP contribution in [0.15, 0.2) is 36.4 Å². The molecule has 0 saturated heterocycles. The van der Waals surface area contributed by atoms with E-state index in [1.807, 2.05) is 0 Å². The van der Waals surface area contributed by atoms with Crippen LogP contribution in [0.25, 0.3) is 0 Å². The van der Waals surface area contributed by atoms with Gasteiger partial charge in [-0.25, -0.2) is 4.39 Å². The predicted octanol–water partition coefficient (Wildman–Crippen LogP) is 3.86. The Labute approximate surface area is 118 Å². The van der Waals surface area contributed by atoms with Crippen LogP contribution in [0, 0.1) is 5.82 Å². The van der Waals surface area contributed by atoms with E-state index < -0.39 is 17.6 Å². The van der Waals surface area contributed by atoms with Gasteiger partial charge in [0.2, 0.25) is 5.88 Å². The number of nitrogens with one attached hydrogen (secondary N) is 1. The summed E-state index contributed by atoms with van der Waals surface area (Å²) in [5.74, 6) is -0.691. The first-order valence-electron chi connectivity index (χ1n) is 6.03. The molecule has 0 bridgehead atoms. The van der Waals surface area contributed by atoms with E-state index in [4.69, 9.17) is 4.74 Å². The summed E-state index contributed by atoms with van der Waals surface area (Å²) in [6.07, 6.45) is -4.51. The van der Waals surface area contributed by atoms with Crippen LogP contribution < -0.4 is 10.1 Å². The standard InChI is InChI=1S/C14H12F4N2O/c1-19-12-6-10(14(16,17)18)7-13(20-12)21-8-9-4-2-3-5-11(9)15/h2-7H,8H2,1H3,(H,19,20). The number of anilines is 1. The molecule has 1 aromatic carbocycles. The molecule has 0 unspecified atom stereocenters. The van der Waals surface area contributed by atoms with Crippen LogP contribution in [0.5, 0.6) is 5.88 Å². The quantitative estimate of drug-likeness (QED) is 0.871. The first-order valence-corrected chi connectivity index (χ1v) is 6.03. The molecule has 112 valence electrons. The Morgan fingerprint density at radius 3 is 2.52 bits per heavy atom. The number of hydrogen-bond acceptors (Lipinski definition) is 3. The van der Waals surface area contributed by atoms with Gasteiger partial charge in [-0.15, -0.1) is 0 Å². The average molecular weight is 300 g/mol. The Bertz CT molecular complexity index is 629. The Kier molecular flexibility index (Phi) is 4.30. The van der Waals surface area contributed by atoms with E-state index in [1.165, 1.54) is 25.2 Å². The molecular formula is C14H12F4N2O. The molecule has 0 fully saturated rings. The lowest BCUT2D eigenvalue weighted by Crippen LogP contribution is -2.08. The third-order valence-electron chi connectivity index (χ3n) is 2.72. The van der Waals surface area contributed by atoms with Crippen LogP contribution in [0.4, 0.5) is 23.4 Å². The summed E-state index contributed by atoms with van der Waals surface area (Å²) >= 11 is 0. The van der Waals surface area contributed by atoms with Crippen molar-refractivity contribution >= 4 is 5.82 Å². The molecule has 7 heteroatoms. The van der Waals surface area contributed by atoms with E-state index >= 15 is 0 Å². The lowest BCUT2D eigenvalue weighted by atomic mass is 10.2. The molecule has 0 amide bonds. The van der Waals surface area contributed by atoms with E-state index in [2.05, 4.69) is 10.3 Å². The maximum Gasteiger partial charge on any atom is 0.416 e. The zero-order chi connectivity index (χ0) is 15.5. The van der Waals surface area contributed by atoms with Gasteiger partial charge in [0.15, 0.2) is 0 Å². The summed E-state index contributed by atoms with van der Waals surface area (Å²) in [5.41, 5.74) is -0.645. The second-order valence-electron chi connectivity index (χ2n) is 4.21. The van der Waals surface area contributed by atoms with Crippen molar-refractivity contribution < 1.29 is 22.3 Å². The number of alkyl halides is 3. The van der Waals surface area contributed by atoms with Crippen LogP contribution in [0.3, 0.4) is 0 Å². The van der Waals surface area contributed by atoms with Gasteiger partial charge in [0.05, 0.1) is 5.56 Å². The summed E-state index contributed by atoms with van der Waals surface area (Å²) in [5, 5.41) is 2.52. The molecule has 0 atom stereocenters. The second kappa shape index (κ2) is 5.99. The normalized spacial score (nSPS) is 11.3. The third-order valence-corrected chi connectivity index (χ3v) is 2.72. The fraction of sp³-hybridized carbons (Fsp3) is 0.214. The molecule has 1 aromatic heterocycles. The summed E-state index contributed by atoms with van der Waals surface area (Å²) < 4.78 is 56.8. The van der Waals surface area contributed by atoms with Crippen molar-refractivity contribution in [2.24, 2.45) is 0 Å². The number of benzene rings is 1. The van der Waals surface area contributed by atoms with Gasteiger partial charge in [-0.1, -0.05) is 18.2 Å². The molecule has 0 aliphatic carbocycles. The van der Waals surface area contributed by atoms with Crippen molar-refractivity contribution in [1.29, 1.82) is 0 Å². The Balaban J connectivity index is 2.22. The number of hydrogen-bond donors (Lipinski definition) is 1. The zero-order valence-corrected chi connectivity index (χ0v) is 11.0. The summed E-state index contributed by atoms with van der Waals surface area (Å²) in [6, 6.07) is 7.51. The topological polar surface area (TPSA) is 34.1 Å². The number of rotatable bonds is 4. The predicted molar refractivity (Wildman–Crippen MR) is 69.5 cm³/mol. The van der Waals surface area contributed by atoms with Crippen molar-refractivity contribution in [1.82, 2.24) is 4.98 Å². The Morgan fingerprint density at radius 1 is 1.19 bits per heavy atom. The van der Waals surface area contributed by atoms with Crippen LogP contribution >= 0.6 is 0 Å². The molecule has 3 nitrogen and oxygen atoms in total. The monoisotopic (exact) mass is 300 g/mol. The minimum absolute atomic E-state index is 0.0216. The van der Waals surface area contributed by atoms with Crippen molar-refractivity contribution in [3.05, 3.63) is 53.3 Å². The minimum Gasteiger partial charge on any atom is -0.473 e. The molecule has 21 heavy (non-hydrogen) atoms.